The molecule has 2 rings (SSSR count). The van der Waals surface area contributed by atoms with Crippen LogP contribution in [-0.2, 0) is 25.1 Å². The molecule has 0 aromatic carbocycles. The van der Waals surface area contributed by atoms with Crippen molar-refractivity contribution in [3.05, 3.63) is 21.4 Å². The maximum Gasteiger partial charge on any atom is 0.264 e. The van der Waals surface area contributed by atoms with Crippen LogP contribution in [0.25, 0.3) is 0 Å². The second kappa shape index (κ2) is 7.74. The summed E-state index contributed by atoms with van der Waals surface area (Å²) < 4.78 is 33.5. The van der Waals surface area contributed by atoms with E-state index in [1.54, 1.807) is 13.2 Å². The van der Waals surface area contributed by atoms with Crippen molar-refractivity contribution in [2.75, 3.05) is 39.7 Å². The lowest BCUT2D eigenvalue weighted by Gasteiger charge is -2.35. The third-order valence-electron chi connectivity index (χ3n) is 3.79. The fraction of sp³-hybridized carbons (Fsp3) is 0.667. The Labute approximate surface area is 141 Å². The normalized spacial score (nSPS) is 19.1. The maximum absolute atomic E-state index is 12.8. The highest BCUT2D eigenvalue weighted by atomic mass is 32.2. The molecule has 8 heteroatoms. The summed E-state index contributed by atoms with van der Waals surface area (Å²) in [5.74, 6) is -0.0824. The van der Waals surface area contributed by atoms with Crippen LogP contribution in [0.2, 0.25) is 0 Å². The van der Waals surface area contributed by atoms with Gasteiger partial charge in [0.2, 0.25) is 0 Å². The molecule has 1 unspecified atom stereocenters. The van der Waals surface area contributed by atoms with Crippen molar-refractivity contribution in [1.29, 1.82) is 0 Å². The second-order valence-corrected chi connectivity index (χ2v) is 9.17. The Hall–Kier alpha value is -0.960. The van der Waals surface area contributed by atoms with E-state index in [-0.39, 0.29) is 17.7 Å². The van der Waals surface area contributed by atoms with Crippen LogP contribution in [-0.4, -0.2) is 65.0 Å². The van der Waals surface area contributed by atoms with Gasteiger partial charge >= 0.3 is 0 Å². The largest absolute Gasteiger partial charge is 0.385 e. The number of ether oxygens (including phenoxy) is 2. The quantitative estimate of drug-likeness (QED) is 0.767. The summed E-state index contributed by atoms with van der Waals surface area (Å²) in [5.41, 5.74) is 0.711. The molecule has 0 saturated carbocycles. The van der Waals surface area contributed by atoms with Crippen molar-refractivity contribution in [3.63, 3.8) is 0 Å². The zero-order valence-electron chi connectivity index (χ0n) is 13.7. The zero-order valence-corrected chi connectivity index (χ0v) is 15.3. The van der Waals surface area contributed by atoms with Gasteiger partial charge in [-0.05, 0) is 25.0 Å². The van der Waals surface area contributed by atoms with Gasteiger partial charge in [0, 0.05) is 31.4 Å². The summed E-state index contributed by atoms with van der Waals surface area (Å²) in [6, 6.07) is 1.71. The van der Waals surface area contributed by atoms with Gasteiger partial charge in [-0.15, -0.1) is 11.3 Å². The van der Waals surface area contributed by atoms with Gasteiger partial charge in [-0.1, -0.05) is 0 Å². The van der Waals surface area contributed by atoms with Gasteiger partial charge in [0.15, 0.2) is 9.84 Å². The Morgan fingerprint density at radius 1 is 1.52 bits per heavy atom. The fourth-order valence-electron chi connectivity index (χ4n) is 2.61. The number of carbonyl (C=O) groups is 1. The molecular formula is C15H23NO5S2. The van der Waals surface area contributed by atoms with E-state index in [0.717, 1.165) is 11.3 Å². The first-order valence-electron chi connectivity index (χ1n) is 7.46. The molecule has 0 N–H and O–H groups in total. The van der Waals surface area contributed by atoms with E-state index in [1.165, 1.54) is 17.6 Å². The molecule has 130 valence electrons. The van der Waals surface area contributed by atoms with Gasteiger partial charge < -0.3 is 14.4 Å². The van der Waals surface area contributed by atoms with Crippen LogP contribution in [0.5, 0.6) is 0 Å². The molecule has 0 radical (unpaired) electrons. The van der Waals surface area contributed by atoms with Gasteiger partial charge in [-0.2, -0.15) is 0 Å². The lowest BCUT2D eigenvalue weighted by molar-refractivity contribution is -0.0101. The zero-order chi connectivity index (χ0) is 17.0. The fourth-order valence-corrected chi connectivity index (χ4v) is 4.56. The van der Waals surface area contributed by atoms with E-state index >= 15 is 0 Å². The minimum absolute atomic E-state index is 0.00281. The first kappa shape index (κ1) is 18.4. The highest BCUT2D eigenvalue weighted by molar-refractivity contribution is 7.89. The highest BCUT2D eigenvalue weighted by Crippen LogP contribution is 2.26. The van der Waals surface area contributed by atoms with E-state index in [1.807, 2.05) is 11.8 Å². The van der Waals surface area contributed by atoms with E-state index in [4.69, 9.17) is 9.47 Å². The number of aryl methyl sites for hydroxylation is 1. The first-order chi connectivity index (χ1) is 10.8. The summed E-state index contributed by atoms with van der Waals surface area (Å²) in [6.07, 6.45) is 1.93. The van der Waals surface area contributed by atoms with Crippen LogP contribution in [0.4, 0.5) is 0 Å². The topological polar surface area (TPSA) is 72.9 Å². The number of methoxy groups -OCH3 is 1. The summed E-state index contributed by atoms with van der Waals surface area (Å²) in [7, 11) is -1.48. The lowest BCUT2D eigenvalue weighted by Crippen LogP contribution is -2.48. The lowest BCUT2D eigenvalue weighted by atomic mass is 10.1. The van der Waals surface area contributed by atoms with E-state index in [9.17, 15) is 13.2 Å². The minimum Gasteiger partial charge on any atom is -0.385 e. The maximum atomic E-state index is 12.8. The van der Waals surface area contributed by atoms with Crippen LogP contribution < -0.4 is 0 Å². The van der Waals surface area contributed by atoms with Gasteiger partial charge in [0.1, 0.15) is 0 Å². The van der Waals surface area contributed by atoms with E-state index in [2.05, 4.69) is 0 Å². The average molecular weight is 361 g/mol. The predicted molar refractivity (Wildman–Crippen MR) is 89.7 cm³/mol. The Balaban J connectivity index is 2.16. The number of morpholine rings is 1. The molecule has 1 aliphatic heterocycles. The first-order valence-corrected chi connectivity index (χ1v) is 10.3. The number of rotatable bonds is 6. The molecule has 6 nitrogen and oxygen atoms in total. The standard InChI is InChI=1S/C15H23NO5S2/c1-11-12(10-23(3,18)19)8-14(22-11)15(17)16-5-7-21-9-13(16)4-6-20-2/h8,13H,4-7,9-10H2,1-3H3. The third-order valence-corrected chi connectivity index (χ3v) is 5.71. The minimum atomic E-state index is -3.11. The molecule has 0 bridgehead atoms. The van der Waals surface area contributed by atoms with E-state index < -0.39 is 9.84 Å². The summed E-state index contributed by atoms with van der Waals surface area (Å²) >= 11 is 1.35. The number of hydrogen-bond acceptors (Lipinski definition) is 6. The van der Waals surface area contributed by atoms with Crippen molar-refractivity contribution in [3.8, 4) is 0 Å². The van der Waals surface area contributed by atoms with Crippen LogP contribution in [0.1, 0.15) is 26.5 Å². The molecule has 1 saturated heterocycles. The summed E-state index contributed by atoms with van der Waals surface area (Å²) in [6.45, 7) is 4.00. The number of carbonyl (C=O) groups excluding carboxylic acids is 1. The summed E-state index contributed by atoms with van der Waals surface area (Å²) in [4.78, 5) is 16.1. The molecule has 1 fully saturated rings. The second-order valence-electron chi connectivity index (χ2n) is 5.77. The Morgan fingerprint density at radius 2 is 2.26 bits per heavy atom. The Bertz CT molecular complexity index is 653. The Morgan fingerprint density at radius 3 is 2.91 bits per heavy atom. The van der Waals surface area contributed by atoms with Crippen LogP contribution in [0, 0.1) is 6.92 Å². The van der Waals surface area contributed by atoms with Crippen molar-refractivity contribution in [2.45, 2.75) is 25.1 Å². The summed E-state index contributed by atoms with van der Waals surface area (Å²) in [5, 5.41) is 0. The van der Waals surface area contributed by atoms with Crippen LogP contribution in [0.3, 0.4) is 0 Å². The molecule has 1 amide bonds. The van der Waals surface area contributed by atoms with Crippen molar-refractivity contribution < 1.29 is 22.7 Å². The van der Waals surface area contributed by atoms with E-state index in [0.29, 0.717) is 36.8 Å². The molecule has 1 aromatic heterocycles. The van der Waals surface area contributed by atoms with Crippen molar-refractivity contribution >= 4 is 27.1 Å². The number of sulfone groups is 1. The van der Waals surface area contributed by atoms with Gasteiger partial charge in [0.05, 0.1) is 29.9 Å². The Kier molecular flexibility index (Phi) is 6.19. The van der Waals surface area contributed by atoms with Gasteiger partial charge in [-0.25, -0.2) is 8.42 Å². The molecule has 1 aromatic rings. The number of amides is 1. The van der Waals surface area contributed by atoms with Gasteiger partial charge in [0.25, 0.3) is 5.91 Å². The SMILES string of the molecule is COCCC1COCCN1C(=O)c1cc(CS(C)(=O)=O)c(C)s1. The predicted octanol–water partition coefficient (Wildman–Crippen LogP) is 1.48. The molecular weight excluding hydrogens is 338 g/mol. The van der Waals surface area contributed by atoms with Crippen LogP contribution in [0.15, 0.2) is 6.07 Å². The molecule has 1 aliphatic rings. The number of thiophene rings is 1. The monoisotopic (exact) mass is 361 g/mol. The smallest absolute Gasteiger partial charge is 0.264 e. The molecule has 0 aliphatic carbocycles. The van der Waals surface area contributed by atoms with Crippen LogP contribution >= 0.6 is 11.3 Å². The number of nitrogens with zero attached hydrogens (tertiary/aromatic N) is 1. The highest BCUT2D eigenvalue weighted by Gasteiger charge is 2.29. The molecule has 23 heavy (non-hydrogen) atoms. The van der Waals surface area contributed by atoms with Crippen molar-refractivity contribution in [2.24, 2.45) is 0 Å². The number of hydrogen-bond donors (Lipinski definition) is 0. The molecule has 0 spiro atoms. The van der Waals surface area contributed by atoms with Crippen molar-refractivity contribution in [1.82, 2.24) is 4.90 Å². The average Bonchev–Trinajstić information content (AvgIpc) is 2.84. The van der Waals surface area contributed by atoms with Gasteiger partial charge in [-0.3, -0.25) is 4.79 Å². The third kappa shape index (κ3) is 5.00. The molecule has 2 heterocycles. The molecule has 1 atom stereocenters.